The zero-order chi connectivity index (χ0) is 28.9. The number of benzene rings is 2. The fraction of sp³-hybridized carbons (Fsp3) is 0.406. The molecule has 212 valence electrons. The van der Waals surface area contributed by atoms with E-state index in [1.165, 1.54) is 0 Å². The Bertz CT molecular complexity index is 1240. The van der Waals surface area contributed by atoms with Crippen molar-refractivity contribution in [1.29, 1.82) is 0 Å². The van der Waals surface area contributed by atoms with Gasteiger partial charge in [-0.3, -0.25) is 19.5 Å². The van der Waals surface area contributed by atoms with Gasteiger partial charge in [-0.15, -0.1) is 0 Å². The molecule has 0 saturated carbocycles. The number of unbranched alkanes of at least 4 members (excludes halogenated alkanes) is 2. The quantitative estimate of drug-likeness (QED) is 0.264. The molecule has 0 aliphatic carbocycles. The predicted octanol–water partition coefficient (Wildman–Crippen LogP) is 5.14. The van der Waals surface area contributed by atoms with Crippen LogP contribution in [0, 0.1) is 0 Å². The third kappa shape index (κ3) is 9.17. The van der Waals surface area contributed by atoms with Gasteiger partial charge in [-0.1, -0.05) is 36.4 Å². The molecule has 1 amide bonds. The molecule has 0 radical (unpaired) electrons. The molecular weight excluding hydrogens is 506 g/mol. The van der Waals surface area contributed by atoms with Crippen molar-refractivity contribution >= 4 is 11.9 Å². The Hall–Kier alpha value is -3.75. The molecule has 2 heterocycles. The Balaban J connectivity index is 1.47. The first-order valence-electron chi connectivity index (χ1n) is 14.6. The lowest BCUT2D eigenvalue weighted by atomic mass is 10.0. The van der Waals surface area contributed by atoms with E-state index in [4.69, 9.17) is 16.0 Å². The van der Waals surface area contributed by atoms with Crippen LogP contribution in [0.2, 0.25) is 0 Å². The highest BCUT2D eigenvalue weighted by Gasteiger charge is 2.19. The molecule has 1 unspecified atom stereocenters. The summed E-state index contributed by atoms with van der Waals surface area (Å²) in [6.07, 6.45) is 6.33. The summed E-state index contributed by atoms with van der Waals surface area (Å²) in [5.74, 6) is -0.310. The summed E-state index contributed by atoms with van der Waals surface area (Å²) in [5.41, 5.74) is 3.30. The number of pyridine rings is 1. The number of nitrogens with zero attached hydrogens (tertiary/aromatic N) is 3. The average Bonchev–Trinajstić information content (AvgIpc) is 3.01. The summed E-state index contributed by atoms with van der Waals surface area (Å²) in [5, 5.41) is 8.83. The number of carboxylic acids is 1. The first-order chi connectivity index (χ1) is 20.0. The third-order valence-corrected chi connectivity index (χ3v) is 6.89. The topological polar surface area (TPSA) is 92.2 Å². The molecule has 4 rings (SSSR count). The first-order valence-corrected chi connectivity index (χ1v) is 14.0. The monoisotopic (exact) mass is 546 g/mol. The number of rotatable bonds is 15. The molecular formula is C32H39N3O5. The normalized spacial score (nSPS) is 14.8. The van der Waals surface area contributed by atoms with Gasteiger partial charge in [-0.2, -0.15) is 0 Å². The van der Waals surface area contributed by atoms with Crippen LogP contribution in [0.5, 0.6) is 5.75 Å². The van der Waals surface area contributed by atoms with E-state index in [1.54, 1.807) is 17.3 Å². The van der Waals surface area contributed by atoms with Crippen molar-refractivity contribution in [3.8, 4) is 16.9 Å². The largest absolute Gasteiger partial charge is 0.493 e. The molecule has 1 saturated heterocycles. The molecule has 2 aromatic carbocycles. The Morgan fingerprint density at radius 1 is 0.975 bits per heavy atom. The average molecular weight is 547 g/mol. The number of aliphatic carboxylic acids is 1. The molecule has 3 aromatic rings. The van der Waals surface area contributed by atoms with Crippen LogP contribution < -0.4 is 4.74 Å². The highest BCUT2D eigenvalue weighted by atomic mass is 16.5. The standard InChI is InChI=1S/C32H39N3O5/c36-31(37)11-2-1-5-21-40-30-10-4-3-8-29(30)25-35(18-7-17-34-19-22-39-23-20-34)32(38)27-14-12-26(13-15-27)28-9-6-16-33-24-28/h3-4,6,8-10,12-16,24H,1-2,5,7,11,17-23,25H2,(H,36,37)/i18D. The molecule has 0 spiro atoms. The Labute approximate surface area is 238 Å². The summed E-state index contributed by atoms with van der Waals surface area (Å²) in [6, 6.07) is 18.9. The molecule has 8 nitrogen and oxygen atoms in total. The Kier molecular flexibility index (Phi) is 10.9. The molecule has 1 N–H and O–H groups in total. The number of morpholine rings is 1. The molecule has 1 aromatic heterocycles. The van der Waals surface area contributed by atoms with Crippen LogP contribution in [0.15, 0.2) is 73.1 Å². The number of hydrogen-bond donors (Lipinski definition) is 1. The Morgan fingerprint density at radius 3 is 2.52 bits per heavy atom. The molecule has 40 heavy (non-hydrogen) atoms. The van der Waals surface area contributed by atoms with Crippen LogP contribution in [0.1, 0.15) is 49.4 Å². The van der Waals surface area contributed by atoms with E-state index in [9.17, 15) is 9.59 Å². The first kappa shape index (κ1) is 27.8. The maximum Gasteiger partial charge on any atom is 0.303 e. The summed E-state index contributed by atoms with van der Waals surface area (Å²) in [7, 11) is 0. The van der Waals surface area contributed by atoms with Crippen molar-refractivity contribution < 1.29 is 25.5 Å². The molecule has 1 aliphatic rings. The molecule has 1 aliphatic heterocycles. The zero-order valence-electron chi connectivity index (χ0n) is 23.9. The number of para-hydroxylation sites is 1. The fourth-order valence-corrected chi connectivity index (χ4v) is 4.64. The van der Waals surface area contributed by atoms with E-state index < -0.39 is 12.5 Å². The number of ether oxygens (including phenoxy) is 2. The lowest BCUT2D eigenvalue weighted by Crippen LogP contribution is -2.39. The Morgan fingerprint density at radius 2 is 1.77 bits per heavy atom. The third-order valence-electron chi connectivity index (χ3n) is 6.89. The lowest BCUT2D eigenvalue weighted by Gasteiger charge is -2.29. The minimum atomic E-state index is -0.786. The number of carbonyl (C=O) groups excluding carboxylic acids is 1. The van der Waals surface area contributed by atoms with Crippen LogP contribution in [0.25, 0.3) is 11.1 Å². The van der Waals surface area contributed by atoms with Gasteiger partial charge in [-0.05, 0) is 61.1 Å². The molecule has 0 bridgehead atoms. The second-order valence-corrected chi connectivity index (χ2v) is 9.84. The molecule has 1 fully saturated rings. The SMILES string of the molecule is [2H]C(CCN1CCOCC1)N(Cc1ccccc1OCCCCCC(=O)O)C(=O)c1ccc(-c2cccnc2)cc1. The summed E-state index contributed by atoms with van der Waals surface area (Å²) < 4.78 is 20.5. The smallest absolute Gasteiger partial charge is 0.303 e. The number of carboxylic acid groups (broad SMARTS) is 1. The number of amides is 1. The van der Waals surface area contributed by atoms with Gasteiger partial charge in [0.2, 0.25) is 0 Å². The zero-order valence-corrected chi connectivity index (χ0v) is 22.9. The number of aromatic nitrogens is 1. The van der Waals surface area contributed by atoms with E-state index in [0.29, 0.717) is 44.0 Å². The van der Waals surface area contributed by atoms with Gasteiger partial charge in [-0.25, -0.2) is 0 Å². The van der Waals surface area contributed by atoms with Crippen molar-refractivity contribution in [2.75, 3.05) is 46.0 Å². The van der Waals surface area contributed by atoms with Gasteiger partial charge < -0.3 is 19.5 Å². The number of carbonyl (C=O) groups is 2. The van der Waals surface area contributed by atoms with Gasteiger partial charge >= 0.3 is 5.97 Å². The maximum atomic E-state index is 13.9. The minimum absolute atomic E-state index is 0.159. The highest BCUT2D eigenvalue weighted by Crippen LogP contribution is 2.23. The van der Waals surface area contributed by atoms with Crippen LogP contribution in [0.3, 0.4) is 0 Å². The van der Waals surface area contributed by atoms with Gasteiger partial charge in [0, 0.05) is 64.0 Å². The molecule has 8 heteroatoms. The minimum Gasteiger partial charge on any atom is -0.493 e. The number of hydrogen-bond acceptors (Lipinski definition) is 6. The highest BCUT2D eigenvalue weighted by molar-refractivity contribution is 5.94. The summed E-state index contributed by atoms with van der Waals surface area (Å²) >= 11 is 0. The van der Waals surface area contributed by atoms with Crippen LogP contribution in [-0.4, -0.2) is 77.7 Å². The van der Waals surface area contributed by atoms with Gasteiger partial charge in [0.15, 0.2) is 0 Å². The van der Waals surface area contributed by atoms with E-state index >= 15 is 0 Å². The summed E-state index contributed by atoms with van der Waals surface area (Å²) in [6.45, 7) is 3.73. The lowest BCUT2D eigenvalue weighted by molar-refractivity contribution is -0.137. The van der Waals surface area contributed by atoms with Crippen molar-refractivity contribution in [3.63, 3.8) is 0 Å². The van der Waals surface area contributed by atoms with Gasteiger partial charge in [0.25, 0.3) is 5.91 Å². The fourth-order valence-electron chi connectivity index (χ4n) is 4.64. The van der Waals surface area contributed by atoms with Gasteiger partial charge in [0.05, 0.1) is 19.8 Å². The van der Waals surface area contributed by atoms with Crippen molar-refractivity contribution in [1.82, 2.24) is 14.8 Å². The second-order valence-electron chi connectivity index (χ2n) is 9.84. The maximum absolute atomic E-state index is 13.9. The second kappa shape index (κ2) is 15.7. The van der Waals surface area contributed by atoms with Crippen molar-refractivity contribution in [2.24, 2.45) is 0 Å². The van der Waals surface area contributed by atoms with E-state index in [1.807, 2.05) is 60.7 Å². The van der Waals surface area contributed by atoms with Crippen LogP contribution in [0.4, 0.5) is 0 Å². The van der Waals surface area contributed by atoms with Gasteiger partial charge in [0.1, 0.15) is 5.75 Å². The van der Waals surface area contributed by atoms with E-state index in [2.05, 4.69) is 9.88 Å². The van der Waals surface area contributed by atoms with Crippen LogP contribution in [-0.2, 0) is 16.1 Å². The van der Waals surface area contributed by atoms with E-state index in [0.717, 1.165) is 49.2 Å². The van der Waals surface area contributed by atoms with Crippen LogP contribution >= 0.6 is 0 Å². The van der Waals surface area contributed by atoms with E-state index in [-0.39, 0.29) is 18.9 Å². The van der Waals surface area contributed by atoms with Crippen molar-refractivity contribution in [2.45, 2.75) is 38.6 Å². The summed E-state index contributed by atoms with van der Waals surface area (Å²) in [4.78, 5) is 32.7. The van der Waals surface area contributed by atoms with Crippen molar-refractivity contribution in [3.05, 3.63) is 84.2 Å². The molecule has 1 atom stereocenters. The predicted molar refractivity (Wildman–Crippen MR) is 154 cm³/mol.